The number of hydrogen-bond acceptors (Lipinski definition) is 5. The maximum Gasteiger partial charge on any atom is 0.184 e. The predicted molar refractivity (Wildman–Crippen MR) is 107 cm³/mol. The first-order valence-electron chi connectivity index (χ1n) is 10.3. The van der Waals surface area contributed by atoms with Crippen LogP contribution in [0.1, 0.15) is 53.3 Å². The standard InChI is InChI=1S/C23H25N3O2/c27-23-18(8-7-16-4-3-12-24-22(16)23)11-15-26-13-9-17(10-14-26)21-19-5-1-2-6-20(19)28-25-21/h1-6,12,17-18H,7-11,13-15H2. The van der Waals surface area contributed by atoms with Gasteiger partial charge in [-0.2, -0.15) is 0 Å². The van der Waals surface area contributed by atoms with E-state index in [1.807, 2.05) is 30.3 Å². The Bertz CT molecular complexity index is 988. The van der Waals surface area contributed by atoms with Gasteiger partial charge in [-0.3, -0.25) is 9.78 Å². The van der Waals surface area contributed by atoms with Crippen molar-refractivity contribution in [3.8, 4) is 0 Å². The van der Waals surface area contributed by atoms with Gasteiger partial charge in [-0.05, 0) is 75.5 Å². The van der Waals surface area contributed by atoms with Gasteiger partial charge in [0.05, 0.1) is 5.69 Å². The zero-order valence-electron chi connectivity index (χ0n) is 16.0. The fraction of sp³-hybridized carbons (Fsp3) is 0.435. The van der Waals surface area contributed by atoms with E-state index in [2.05, 4.69) is 21.1 Å². The van der Waals surface area contributed by atoms with Gasteiger partial charge in [-0.25, -0.2) is 0 Å². The molecule has 0 saturated carbocycles. The molecule has 5 heteroatoms. The van der Waals surface area contributed by atoms with Crippen molar-refractivity contribution in [2.24, 2.45) is 5.92 Å². The highest BCUT2D eigenvalue weighted by Gasteiger charge is 2.30. The summed E-state index contributed by atoms with van der Waals surface area (Å²) in [5.74, 6) is 0.831. The van der Waals surface area contributed by atoms with Gasteiger partial charge >= 0.3 is 0 Å². The number of aromatic nitrogens is 2. The average Bonchev–Trinajstić information content (AvgIpc) is 3.18. The zero-order chi connectivity index (χ0) is 18.9. The molecule has 3 heterocycles. The minimum atomic E-state index is 0.125. The molecule has 1 unspecified atom stereocenters. The Hall–Kier alpha value is -2.53. The van der Waals surface area contributed by atoms with Gasteiger partial charge in [0.15, 0.2) is 11.4 Å². The van der Waals surface area contributed by atoms with E-state index < -0.39 is 0 Å². The van der Waals surface area contributed by atoms with E-state index in [0.29, 0.717) is 11.6 Å². The number of piperidine rings is 1. The Morgan fingerprint density at radius 1 is 1.07 bits per heavy atom. The summed E-state index contributed by atoms with van der Waals surface area (Å²) in [4.78, 5) is 19.6. The number of benzene rings is 1. The van der Waals surface area contributed by atoms with Crippen molar-refractivity contribution < 1.29 is 9.32 Å². The Balaban J connectivity index is 1.17. The quantitative estimate of drug-likeness (QED) is 0.683. The van der Waals surface area contributed by atoms with Crippen LogP contribution < -0.4 is 0 Å². The molecule has 28 heavy (non-hydrogen) atoms. The smallest absolute Gasteiger partial charge is 0.184 e. The van der Waals surface area contributed by atoms with Gasteiger partial charge in [-0.15, -0.1) is 0 Å². The normalized spacial score (nSPS) is 21.1. The molecule has 1 fully saturated rings. The average molecular weight is 375 g/mol. The summed E-state index contributed by atoms with van der Waals surface area (Å²) in [6.45, 7) is 3.11. The van der Waals surface area contributed by atoms with Crippen molar-refractivity contribution in [3.63, 3.8) is 0 Å². The molecular weight excluding hydrogens is 350 g/mol. The second-order valence-electron chi connectivity index (χ2n) is 8.08. The molecule has 1 aromatic carbocycles. The molecule has 2 aromatic heterocycles. The number of likely N-dealkylation sites (tertiary alicyclic amines) is 1. The van der Waals surface area contributed by atoms with Gasteiger partial charge < -0.3 is 9.42 Å². The number of Topliss-reactive ketones (excluding diaryl/α,β-unsaturated/α-hetero) is 1. The second-order valence-corrected chi connectivity index (χ2v) is 8.08. The van der Waals surface area contributed by atoms with Crippen LogP contribution in [0.15, 0.2) is 47.1 Å². The number of aryl methyl sites for hydroxylation is 1. The molecule has 1 aliphatic heterocycles. The second kappa shape index (κ2) is 7.47. The van der Waals surface area contributed by atoms with Crippen LogP contribution in [-0.4, -0.2) is 40.5 Å². The fourth-order valence-electron chi connectivity index (χ4n) is 4.76. The lowest BCUT2D eigenvalue weighted by molar-refractivity contribution is 0.0871. The minimum absolute atomic E-state index is 0.125. The lowest BCUT2D eigenvalue weighted by atomic mass is 9.83. The molecular formula is C23H25N3O2. The molecule has 0 bridgehead atoms. The van der Waals surface area contributed by atoms with Crippen molar-refractivity contribution in [1.82, 2.24) is 15.0 Å². The summed E-state index contributed by atoms with van der Waals surface area (Å²) in [5, 5.41) is 5.50. The summed E-state index contributed by atoms with van der Waals surface area (Å²) in [7, 11) is 0. The first kappa shape index (κ1) is 17.6. The Morgan fingerprint density at radius 2 is 1.93 bits per heavy atom. The number of pyridine rings is 1. The van der Waals surface area contributed by atoms with E-state index in [0.717, 1.165) is 74.0 Å². The first-order chi connectivity index (χ1) is 13.8. The van der Waals surface area contributed by atoms with Gasteiger partial charge in [0, 0.05) is 23.4 Å². The van der Waals surface area contributed by atoms with Crippen LogP contribution in [0.3, 0.4) is 0 Å². The monoisotopic (exact) mass is 375 g/mol. The van der Waals surface area contributed by atoms with Gasteiger partial charge in [0.1, 0.15) is 5.69 Å². The zero-order valence-corrected chi connectivity index (χ0v) is 16.0. The van der Waals surface area contributed by atoms with Crippen LogP contribution in [0.5, 0.6) is 0 Å². The fourth-order valence-corrected chi connectivity index (χ4v) is 4.76. The molecule has 3 aromatic rings. The highest BCUT2D eigenvalue weighted by molar-refractivity contribution is 5.98. The molecule has 5 nitrogen and oxygen atoms in total. The van der Waals surface area contributed by atoms with Crippen molar-refractivity contribution in [2.75, 3.05) is 19.6 Å². The van der Waals surface area contributed by atoms with Crippen molar-refractivity contribution in [3.05, 3.63) is 59.5 Å². The van der Waals surface area contributed by atoms with Gasteiger partial charge in [-0.1, -0.05) is 23.4 Å². The summed E-state index contributed by atoms with van der Waals surface area (Å²) in [6.07, 6.45) is 6.79. The van der Waals surface area contributed by atoms with E-state index in [4.69, 9.17) is 4.52 Å². The van der Waals surface area contributed by atoms with Gasteiger partial charge in [0.25, 0.3) is 0 Å². The Kier molecular flexibility index (Phi) is 4.69. The molecule has 144 valence electrons. The molecule has 0 radical (unpaired) electrons. The summed E-state index contributed by atoms with van der Waals surface area (Å²) < 4.78 is 5.49. The molecule has 1 aliphatic carbocycles. The van der Waals surface area contributed by atoms with Crippen LogP contribution >= 0.6 is 0 Å². The number of fused-ring (bicyclic) bond motifs is 2. The van der Waals surface area contributed by atoms with Crippen molar-refractivity contribution in [1.29, 1.82) is 0 Å². The number of carbonyl (C=O) groups is 1. The maximum atomic E-state index is 12.7. The lowest BCUT2D eigenvalue weighted by Crippen LogP contribution is -2.36. The minimum Gasteiger partial charge on any atom is -0.356 e. The van der Waals surface area contributed by atoms with Crippen LogP contribution in [0.2, 0.25) is 0 Å². The lowest BCUT2D eigenvalue weighted by Gasteiger charge is -2.32. The van der Waals surface area contributed by atoms with E-state index in [1.165, 1.54) is 0 Å². The Morgan fingerprint density at radius 3 is 2.82 bits per heavy atom. The number of para-hydroxylation sites is 1. The van der Waals surface area contributed by atoms with Crippen molar-refractivity contribution in [2.45, 2.75) is 38.0 Å². The number of hydrogen-bond donors (Lipinski definition) is 0. The summed E-state index contributed by atoms with van der Waals surface area (Å²) >= 11 is 0. The molecule has 0 N–H and O–H groups in total. The topological polar surface area (TPSA) is 59.2 Å². The third-order valence-corrected chi connectivity index (χ3v) is 6.43. The van der Waals surface area contributed by atoms with E-state index in [1.54, 1.807) is 6.20 Å². The number of rotatable bonds is 4. The highest BCUT2D eigenvalue weighted by Crippen LogP contribution is 2.33. The largest absolute Gasteiger partial charge is 0.356 e. The third-order valence-electron chi connectivity index (χ3n) is 6.43. The predicted octanol–water partition coefficient (Wildman–Crippen LogP) is 4.24. The van der Waals surface area contributed by atoms with Crippen LogP contribution in [-0.2, 0) is 6.42 Å². The SMILES string of the molecule is O=C1c2ncccc2CCC1CCN1CCC(c2noc3ccccc23)CC1. The number of nitrogens with zero attached hydrogens (tertiary/aromatic N) is 3. The molecule has 1 saturated heterocycles. The number of carbonyl (C=O) groups excluding carboxylic acids is 1. The van der Waals surface area contributed by atoms with E-state index in [9.17, 15) is 4.79 Å². The third kappa shape index (κ3) is 3.24. The van der Waals surface area contributed by atoms with E-state index in [-0.39, 0.29) is 11.7 Å². The van der Waals surface area contributed by atoms with Crippen LogP contribution in [0.25, 0.3) is 11.0 Å². The highest BCUT2D eigenvalue weighted by atomic mass is 16.5. The van der Waals surface area contributed by atoms with Gasteiger partial charge in [0.2, 0.25) is 0 Å². The summed E-state index contributed by atoms with van der Waals surface area (Å²) in [6, 6.07) is 12.1. The van der Waals surface area contributed by atoms with Crippen LogP contribution in [0.4, 0.5) is 0 Å². The maximum absolute atomic E-state index is 12.7. The Labute approximate surface area is 164 Å². The molecule has 0 spiro atoms. The summed E-state index contributed by atoms with van der Waals surface area (Å²) in [5.41, 5.74) is 3.81. The van der Waals surface area contributed by atoms with E-state index >= 15 is 0 Å². The number of ketones is 1. The molecule has 1 atom stereocenters. The van der Waals surface area contributed by atoms with Crippen molar-refractivity contribution >= 4 is 16.8 Å². The first-order valence-corrected chi connectivity index (χ1v) is 10.3. The molecule has 0 amide bonds. The molecule has 2 aliphatic rings. The molecule has 5 rings (SSSR count). The van der Waals surface area contributed by atoms with Crippen LogP contribution in [0, 0.1) is 5.92 Å².